The summed E-state index contributed by atoms with van der Waals surface area (Å²) in [6, 6.07) is 0.697. The fourth-order valence-electron chi connectivity index (χ4n) is 9.07. The highest BCUT2D eigenvalue weighted by Crippen LogP contribution is 2.66. The van der Waals surface area contributed by atoms with E-state index in [0.29, 0.717) is 42.2 Å². The predicted molar refractivity (Wildman–Crippen MR) is 147 cm³/mol. The molecule has 5 rings (SSSR count). The Balaban J connectivity index is 1.25. The fraction of sp³-hybridized carbons (Fsp3) is 0.839. The van der Waals surface area contributed by atoms with Gasteiger partial charge in [-0.2, -0.15) is 0 Å². The Kier molecular flexibility index (Phi) is 7.61. The minimum atomic E-state index is -0.288. The zero-order chi connectivity index (χ0) is 26.4. The summed E-state index contributed by atoms with van der Waals surface area (Å²) >= 11 is 0. The summed E-state index contributed by atoms with van der Waals surface area (Å²) in [5.41, 5.74) is 2.87. The SMILES string of the molecule is C/C(=N\OC(=O)N(CCNC(C)C)C1CCC1)[C@H]1CC[C@H]2[C@@H]3CCC4=CC(=O)CC[C@]4(C)[C@H]3CC[C@]12C. The summed E-state index contributed by atoms with van der Waals surface area (Å²) in [6.45, 7) is 12.7. The summed E-state index contributed by atoms with van der Waals surface area (Å²) in [6.07, 6.45) is 13.9. The molecule has 5 aliphatic carbocycles. The molecule has 4 fully saturated rings. The highest BCUT2D eigenvalue weighted by molar-refractivity contribution is 5.91. The predicted octanol–water partition coefficient (Wildman–Crippen LogP) is 6.50. The Bertz CT molecular complexity index is 953. The summed E-state index contributed by atoms with van der Waals surface area (Å²) in [5, 5.41) is 7.92. The number of hydrogen-bond donors (Lipinski definition) is 1. The molecule has 4 saturated carbocycles. The minimum Gasteiger partial charge on any atom is -0.313 e. The van der Waals surface area contributed by atoms with E-state index in [-0.39, 0.29) is 16.9 Å². The molecular weight excluding hydrogens is 462 g/mol. The van der Waals surface area contributed by atoms with Crippen LogP contribution in [0.2, 0.25) is 0 Å². The van der Waals surface area contributed by atoms with Crippen molar-refractivity contribution in [1.29, 1.82) is 0 Å². The van der Waals surface area contributed by atoms with Gasteiger partial charge in [-0.25, -0.2) is 4.79 Å². The van der Waals surface area contributed by atoms with Gasteiger partial charge in [0.05, 0.1) is 5.71 Å². The van der Waals surface area contributed by atoms with Gasteiger partial charge in [-0.3, -0.25) is 9.63 Å². The van der Waals surface area contributed by atoms with Crippen LogP contribution < -0.4 is 5.32 Å². The molecule has 5 aliphatic rings. The number of nitrogens with zero attached hydrogens (tertiary/aromatic N) is 2. The molecule has 0 unspecified atom stereocenters. The molecule has 0 bridgehead atoms. The first kappa shape index (κ1) is 26.9. The van der Waals surface area contributed by atoms with Gasteiger partial charge in [0.1, 0.15) is 0 Å². The zero-order valence-corrected chi connectivity index (χ0v) is 23.9. The highest BCUT2D eigenvalue weighted by Gasteiger charge is 2.59. The van der Waals surface area contributed by atoms with E-state index in [9.17, 15) is 9.59 Å². The normalized spacial score (nSPS) is 37.8. The Morgan fingerprint density at radius 2 is 1.89 bits per heavy atom. The van der Waals surface area contributed by atoms with Crippen molar-refractivity contribution in [3.05, 3.63) is 11.6 Å². The summed E-state index contributed by atoms with van der Waals surface area (Å²) < 4.78 is 0. The Morgan fingerprint density at radius 1 is 1.11 bits per heavy atom. The first-order chi connectivity index (χ1) is 17.6. The Labute approximate surface area is 224 Å². The number of hydrogen-bond acceptors (Lipinski definition) is 5. The Morgan fingerprint density at radius 3 is 2.59 bits per heavy atom. The third kappa shape index (κ3) is 4.92. The van der Waals surface area contributed by atoms with E-state index in [1.807, 2.05) is 11.0 Å². The van der Waals surface area contributed by atoms with E-state index < -0.39 is 0 Å². The quantitative estimate of drug-likeness (QED) is 0.241. The number of nitrogens with one attached hydrogen (secondary N) is 1. The number of fused-ring (bicyclic) bond motifs is 5. The van der Waals surface area contributed by atoms with Gasteiger partial charge in [-0.05, 0) is 106 Å². The lowest BCUT2D eigenvalue weighted by Crippen LogP contribution is -2.51. The van der Waals surface area contributed by atoms with Crippen molar-refractivity contribution in [3.8, 4) is 0 Å². The molecule has 6 nitrogen and oxygen atoms in total. The van der Waals surface area contributed by atoms with Crippen molar-refractivity contribution in [3.63, 3.8) is 0 Å². The average Bonchev–Trinajstić information content (AvgIpc) is 3.18. The fourth-order valence-corrected chi connectivity index (χ4v) is 9.07. The van der Waals surface area contributed by atoms with E-state index in [0.717, 1.165) is 56.7 Å². The van der Waals surface area contributed by atoms with Gasteiger partial charge in [0.15, 0.2) is 5.78 Å². The molecule has 1 N–H and O–H groups in total. The maximum atomic E-state index is 13.1. The van der Waals surface area contributed by atoms with Gasteiger partial charge in [0.2, 0.25) is 0 Å². The van der Waals surface area contributed by atoms with Crippen molar-refractivity contribution >= 4 is 17.6 Å². The number of allylic oxidation sites excluding steroid dienone is 1. The first-order valence-electron chi connectivity index (χ1n) is 15.1. The molecule has 0 saturated heterocycles. The van der Waals surface area contributed by atoms with Crippen LogP contribution in [0.15, 0.2) is 16.8 Å². The summed E-state index contributed by atoms with van der Waals surface area (Å²) in [4.78, 5) is 32.7. The third-order valence-electron chi connectivity index (χ3n) is 11.4. The van der Waals surface area contributed by atoms with Gasteiger partial charge < -0.3 is 10.2 Å². The van der Waals surface area contributed by atoms with Crippen LogP contribution in [0.4, 0.5) is 4.79 Å². The van der Waals surface area contributed by atoms with Gasteiger partial charge in [-0.1, -0.05) is 38.4 Å². The second-order valence-corrected chi connectivity index (χ2v) is 13.6. The van der Waals surface area contributed by atoms with E-state index in [4.69, 9.17) is 4.84 Å². The maximum Gasteiger partial charge on any atom is 0.436 e. The minimum absolute atomic E-state index is 0.213. The molecule has 0 aromatic carbocycles. The largest absolute Gasteiger partial charge is 0.436 e. The van der Waals surface area contributed by atoms with Crippen molar-refractivity contribution in [2.24, 2.45) is 39.7 Å². The molecule has 0 aromatic rings. The molecule has 0 radical (unpaired) electrons. The second-order valence-electron chi connectivity index (χ2n) is 13.6. The molecule has 6 atom stereocenters. The van der Waals surface area contributed by atoms with Crippen LogP contribution in [0.3, 0.4) is 0 Å². The van der Waals surface area contributed by atoms with E-state index >= 15 is 0 Å². The average molecular weight is 512 g/mol. The molecule has 37 heavy (non-hydrogen) atoms. The number of rotatable bonds is 7. The maximum absolute atomic E-state index is 13.1. The summed E-state index contributed by atoms with van der Waals surface area (Å²) in [5.74, 6) is 2.84. The number of ketones is 1. The molecule has 206 valence electrons. The zero-order valence-electron chi connectivity index (χ0n) is 23.9. The molecule has 0 heterocycles. The van der Waals surface area contributed by atoms with Gasteiger partial charge in [0.25, 0.3) is 0 Å². The molecule has 0 aliphatic heterocycles. The molecule has 0 spiro atoms. The van der Waals surface area contributed by atoms with Gasteiger partial charge >= 0.3 is 6.09 Å². The first-order valence-corrected chi connectivity index (χ1v) is 15.1. The van der Waals surface area contributed by atoms with Crippen molar-refractivity contribution in [2.45, 2.75) is 117 Å². The van der Waals surface area contributed by atoms with Gasteiger partial charge in [-0.15, -0.1) is 0 Å². The number of carbonyl (C=O) groups is 2. The Hall–Kier alpha value is -1.69. The van der Waals surface area contributed by atoms with Crippen LogP contribution in [0.25, 0.3) is 0 Å². The van der Waals surface area contributed by atoms with Crippen LogP contribution in [-0.2, 0) is 9.63 Å². The number of carbonyl (C=O) groups excluding carboxylic acids is 2. The van der Waals surface area contributed by atoms with E-state index in [1.54, 1.807) is 0 Å². The topological polar surface area (TPSA) is 71.0 Å². The van der Waals surface area contributed by atoms with Crippen molar-refractivity contribution in [1.82, 2.24) is 10.2 Å². The number of amides is 1. The van der Waals surface area contributed by atoms with Gasteiger partial charge in [0, 0.05) is 37.5 Å². The molecule has 0 aromatic heterocycles. The van der Waals surface area contributed by atoms with Crippen LogP contribution in [0, 0.1) is 34.5 Å². The van der Waals surface area contributed by atoms with Crippen LogP contribution in [0.1, 0.15) is 105 Å². The molecule has 6 heteroatoms. The smallest absolute Gasteiger partial charge is 0.313 e. The molecular formula is C31H49N3O3. The van der Waals surface area contributed by atoms with E-state index in [1.165, 1.54) is 37.7 Å². The third-order valence-corrected chi connectivity index (χ3v) is 11.4. The highest BCUT2D eigenvalue weighted by atomic mass is 16.7. The van der Waals surface area contributed by atoms with Crippen molar-refractivity contribution in [2.75, 3.05) is 13.1 Å². The second kappa shape index (κ2) is 10.5. The van der Waals surface area contributed by atoms with Crippen LogP contribution >= 0.6 is 0 Å². The van der Waals surface area contributed by atoms with Crippen LogP contribution in [0.5, 0.6) is 0 Å². The lowest BCUT2D eigenvalue weighted by atomic mass is 9.46. The van der Waals surface area contributed by atoms with Crippen molar-refractivity contribution < 1.29 is 14.4 Å². The van der Waals surface area contributed by atoms with Crippen LogP contribution in [-0.4, -0.2) is 47.7 Å². The summed E-state index contributed by atoms with van der Waals surface area (Å²) in [7, 11) is 0. The van der Waals surface area contributed by atoms with E-state index in [2.05, 4.69) is 45.1 Å². The molecule has 1 amide bonds. The number of oxime groups is 1. The lowest BCUT2D eigenvalue weighted by Gasteiger charge is -2.58. The standard InChI is InChI=1S/C31H49N3O3/c1-20(2)32-17-18-34(23-7-6-8-23)29(36)37-33-21(3)26-11-12-27-25-10-9-22-19-24(35)13-15-30(22,4)28(25)14-16-31(26,27)5/h19-20,23,25-28,32H,6-18H2,1-5H3/b33-21+/t25-,26+,27-,28-,30-,31+/m0/s1. The monoisotopic (exact) mass is 511 g/mol. The lowest BCUT2D eigenvalue weighted by molar-refractivity contribution is -0.117.